The molecule has 1 heterocycles. The zero-order valence-electron chi connectivity index (χ0n) is 8.67. The fraction of sp³-hybridized carbons (Fsp3) is 0.545. The molecule has 2 heteroatoms. The Hall–Kier alpha value is -1.05. The molecule has 72 valence electrons. The van der Waals surface area contributed by atoms with Gasteiger partial charge in [-0.25, -0.2) is 4.98 Å². The molecule has 0 fully saturated rings. The van der Waals surface area contributed by atoms with E-state index >= 15 is 0 Å². The summed E-state index contributed by atoms with van der Waals surface area (Å²) >= 11 is 0. The molecule has 0 saturated carbocycles. The molecule has 0 aliphatic heterocycles. The highest BCUT2D eigenvalue weighted by Gasteiger charge is 2.10. The summed E-state index contributed by atoms with van der Waals surface area (Å²) in [6, 6.07) is 5.81. The third-order valence-electron chi connectivity index (χ3n) is 1.96. The first-order chi connectivity index (χ1) is 5.97. The molecule has 0 radical (unpaired) electrons. The van der Waals surface area contributed by atoms with Gasteiger partial charge in [0.05, 0.1) is 0 Å². The molecule has 0 spiro atoms. The Kier molecular flexibility index (Phi) is 2.91. The number of anilines is 1. The van der Waals surface area contributed by atoms with Gasteiger partial charge in [0, 0.05) is 5.69 Å². The standard InChI is InChI=1S/C11H18N2/c1-11(2,3)8-7-9-5-4-6-10(12)13-9/h4-6H,7-8H2,1-3H3,(H2,12,13). The highest BCUT2D eigenvalue weighted by Crippen LogP contribution is 2.20. The maximum Gasteiger partial charge on any atom is 0.123 e. The third-order valence-corrected chi connectivity index (χ3v) is 1.96. The van der Waals surface area contributed by atoms with E-state index in [0.717, 1.165) is 18.5 Å². The number of nitrogen functional groups attached to an aromatic ring is 1. The Morgan fingerprint density at radius 3 is 2.54 bits per heavy atom. The molecule has 1 aromatic rings. The predicted octanol–water partition coefficient (Wildman–Crippen LogP) is 2.64. The molecule has 0 aliphatic rings. The molecule has 1 aromatic heterocycles. The van der Waals surface area contributed by atoms with Crippen molar-refractivity contribution in [3.05, 3.63) is 23.9 Å². The largest absolute Gasteiger partial charge is 0.384 e. The van der Waals surface area contributed by atoms with Crippen LogP contribution in [0.3, 0.4) is 0 Å². The van der Waals surface area contributed by atoms with E-state index in [2.05, 4.69) is 25.8 Å². The van der Waals surface area contributed by atoms with Crippen LogP contribution < -0.4 is 5.73 Å². The Morgan fingerprint density at radius 2 is 2.00 bits per heavy atom. The van der Waals surface area contributed by atoms with Crippen molar-refractivity contribution in [1.82, 2.24) is 4.98 Å². The van der Waals surface area contributed by atoms with Crippen LogP contribution in [0.2, 0.25) is 0 Å². The summed E-state index contributed by atoms with van der Waals surface area (Å²) in [5.41, 5.74) is 7.05. The van der Waals surface area contributed by atoms with Gasteiger partial charge in [-0.15, -0.1) is 0 Å². The molecular weight excluding hydrogens is 160 g/mol. The van der Waals surface area contributed by atoms with E-state index in [9.17, 15) is 0 Å². The van der Waals surface area contributed by atoms with Crippen molar-refractivity contribution in [3.63, 3.8) is 0 Å². The number of aryl methyl sites for hydroxylation is 1. The van der Waals surface area contributed by atoms with Crippen molar-refractivity contribution in [2.45, 2.75) is 33.6 Å². The molecule has 0 aliphatic carbocycles. The van der Waals surface area contributed by atoms with Gasteiger partial charge in [-0.1, -0.05) is 26.8 Å². The van der Waals surface area contributed by atoms with Crippen LogP contribution in [0.15, 0.2) is 18.2 Å². The number of hydrogen-bond acceptors (Lipinski definition) is 2. The van der Waals surface area contributed by atoms with Crippen molar-refractivity contribution in [2.75, 3.05) is 5.73 Å². The van der Waals surface area contributed by atoms with Gasteiger partial charge in [0.2, 0.25) is 0 Å². The summed E-state index contributed by atoms with van der Waals surface area (Å²) in [5.74, 6) is 0.617. The molecular formula is C11H18N2. The van der Waals surface area contributed by atoms with E-state index in [4.69, 9.17) is 5.73 Å². The first kappa shape index (κ1) is 10.0. The molecule has 13 heavy (non-hydrogen) atoms. The summed E-state index contributed by atoms with van der Waals surface area (Å²) in [5, 5.41) is 0. The van der Waals surface area contributed by atoms with Gasteiger partial charge < -0.3 is 5.73 Å². The molecule has 2 nitrogen and oxygen atoms in total. The zero-order chi connectivity index (χ0) is 9.90. The number of hydrogen-bond donors (Lipinski definition) is 1. The second kappa shape index (κ2) is 3.77. The minimum absolute atomic E-state index is 0.367. The van der Waals surface area contributed by atoms with Crippen LogP contribution in [-0.2, 0) is 6.42 Å². The van der Waals surface area contributed by atoms with Crippen LogP contribution in [0.5, 0.6) is 0 Å². The zero-order valence-corrected chi connectivity index (χ0v) is 8.67. The fourth-order valence-electron chi connectivity index (χ4n) is 1.14. The number of nitrogens with two attached hydrogens (primary N) is 1. The van der Waals surface area contributed by atoms with E-state index in [1.165, 1.54) is 0 Å². The SMILES string of the molecule is CC(C)(C)CCc1cccc(N)n1. The molecule has 0 amide bonds. The smallest absolute Gasteiger partial charge is 0.123 e. The lowest BCUT2D eigenvalue weighted by Crippen LogP contribution is -2.07. The van der Waals surface area contributed by atoms with Crippen molar-refractivity contribution in [1.29, 1.82) is 0 Å². The Labute approximate surface area is 80.2 Å². The predicted molar refractivity (Wildman–Crippen MR) is 56.4 cm³/mol. The molecule has 0 aromatic carbocycles. The van der Waals surface area contributed by atoms with Gasteiger partial charge in [-0.2, -0.15) is 0 Å². The minimum atomic E-state index is 0.367. The maximum absolute atomic E-state index is 5.59. The highest BCUT2D eigenvalue weighted by molar-refractivity contribution is 5.28. The third kappa shape index (κ3) is 3.92. The average Bonchev–Trinajstić information content (AvgIpc) is 2.00. The van der Waals surface area contributed by atoms with E-state index in [0.29, 0.717) is 11.2 Å². The fourth-order valence-corrected chi connectivity index (χ4v) is 1.14. The van der Waals surface area contributed by atoms with Crippen LogP contribution in [0.1, 0.15) is 32.9 Å². The minimum Gasteiger partial charge on any atom is -0.384 e. The lowest BCUT2D eigenvalue weighted by atomic mass is 9.90. The van der Waals surface area contributed by atoms with Gasteiger partial charge >= 0.3 is 0 Å². The van der Waals surface area contributed by atoms with E-state index in [-0.39, 0.29) is 0 Å². The summed E-state index contributed by atoms with van der Waals surface area (Å²) in [6.07, 6.45) is 2.15. The molecule has 0 saturated heterocycles. The molecule has 1 rings (SSSR count). The second-order valence-electron chi connectivity index (χ2n) is 4.61. The molecule has 2 N–H and O–H groups in total. The number of pyridine rings is 1. The average molecular weight is 178 g/mol. The van der Waals surface area contributed by atoms with Gasteiger partial charge in [0.15, 0.2) is 0 Å². The monoisotopic (exact) mass is 178 g/mol. The van der Waals surface area contributed by atoms with E-state index in [1.807, 2.05) is 18.2 Å². The van der Waals surface area contributed by atoms with Crippen LogP contribution in [-0.4, -0.2) is 4.98 Å². The topological polar surface area (TPSA) is 38.9 Å². The van der Waals surface area contributed by atoms with Crippen LogP contribution in [0.25, 0.3) is 0 Å². The Balaban J connectivity index is 2.55. The summed E-state index contributed by atoms with van der Waals surface area (Å²) < 4.78 is 0. The highest BCUT2D eigenvalue weighted by atomic mass is 14.8. The van der Waals surface area contributed by atoms with E-state index < -0.39 is 0 Å². The summed E-state index contributed by atoms with van der Waals surface area (Å²) in [6.45, 7) is 6.71. The first-order valence-electron chi connectivity index (χ1n) is 4.69. The normalized spacial score (nSPS) is 11.6. The molecule has 0 unspecified atom stereocenters. The van der Waals surface area contributed by atoms with Crippen molar-refractivity contribution in [3.8, 4) is 0 Å². The van der Waals surface area contributed by atoms with Crippen LogP contribution >= 0.6 is 0 Å². The number of rotatable bonds is 2. The van der Waals surface area contributed by atoms with E-state index in [1.54, 1.807) is 0 Å². The van der Waals surface area contributed by atoms with Gasteiger partial charge in [0.1, 0.15) is 5.82 Å². The molecule has 0 bridgehead atoms. The number of aromatic nitrogens is 1. The van der Waals surface area contributed by atoms with Crippen LogP contribution in [0.4, 0.5) is 5.82 Å². The maximum atomic E-state index is 5.59. The lowest BCUT2D eigenvalue weighted by Gasteiger charge is -2.17. The van der Waals surface area contributed by atoms with Gasteiger partial charge in [-0.3, -0.25) is 0 Å². The van der Waals surface area contributed by atoms with Crippen molar-refractivity contribution in [2.24, 2.45) is 5.41 Å². The van der Waals surface area contributed by atoms with Crippen molar-refractivity contribution < 1.29 is 0 Å². The van der Waals surface area contributed by atoms with Crippen LogP contribution in [0, 0.1) is 5.41 Å². The van der Waals surface area contributed by atoms with Crippen molar-refractivity contribution >= 4 is 5.82 Å². The lowest BCUT2D eigenvalue weighted by molar-refractivity contribution is 0.376. The van der Waals surface area contributed by atoms with Gasteiger partial charge in [-0.05, 0) is 30.4 Å². The number of nitrogens with zero attached hydrogens (tertiary/aromatic N) is 1. The summed E-state index contributed by atoms with van der Waals surface area (Å²) in [7, 11) is 0. The Bertz CT molecular complexity index is 274. The first-order valence-corrected chi connectivity index (χ1v) is 4.69. The molecule has 0 atom stereocenters. The van der Waals surface area contributed by atoms with Gasteiger partial charge in [0.25, 0.3) is 0 Å². The second-order valence-corrected chi connectivity index (χ2v) is 4.61. The quantitative estimate of drug-likeness (QED) is 0.756. The summed E-state index contributed by atoms with van der Waals surface area (Å²) in [4.78, 5) is 4.25. The Morgan fingerprint density at radius 1 is 1.31 bits per heavy atom.